The van der Waals surface area contributed by atoms with Crippen molar-refractivity contribution in [2.75, 3.05) is 6.54 Å². The van der Waals surface area contributed by atoms with E-state index in [1.54, 1.807) is 0 Å². The molecule has 1 aromatic rings. The van der Waals surface area contributed by atoms with Crippen molar-refractivity contribution in [3.63, 3.8) is 0 Å². The Morgan fingerprint density at radius 2 is 2.05 bits per heavy atom. The summed E-state index contributed by atoms with van der Waals surface area (Å²) in [6, 6.07) is 9.18. The number of hydrogen-bond acceptors (Lipinski definition) is 2. The highest BCUT2D eigenvalue weighted by molar-refractivity contribution is 5.24. The van der Waals surface area contributed by atoms with Crippen LogP contribution in [0.2, 0.25) is 0 Å². The fraction of sp³-hybridized carbons (Fsp3) is 0.684. The molecule has 1 aliphatic heterocycles. The van der Waals surface area contributed by atoms with Crippen molar-refractivity contribution in [3.8, 4) is 0 Å². The van der Waals surface area contributed by atoms with E-state index in [1.165, 1.54) is 56.1 Å². The average Bonchev–Trinajstić information content (AvgIpc) is 2.88. The molecule has 1 spiro atoms. The van der Waals surface area contributed by atoms with E-state index in [2.05, 4.69) is 43.4 Å². The lowest BCUT2D eigenvalue weighted by Gasteiger charge is -2.33. The van der Waals surface area contributed by atoms with Crippen molar-refractivity contribution in [2.45, 2.75) is 76.5 Å². The van der Waals surface area contributed by atoms with Crippen LogP contribution in [-0.2, 0) is 4.74 Å². The Balaban J connectivity index is 1.49. The Bertz CT molecular complexity index is 464. The van der Waals surface area contributed by atoms with Crippen LogP contribution in [0.4, 0.5) is 0 Å². The zero-order valence-electron chi connectivity index (χ0n) is 13.5. The molecule has 1 heterocycles. The number of hydrogen-bond donors (Lipinski definition) is 1. The summed E-state index contributed by atoms with van der Waals surface area (Å²) in [4.78, 5) is 0. The third kappa shape index (κ3) is 3.67. The summed E-state index contributed by atoms with van der Waals surface area (Å²) in [5, 5.41) is 3.67. The third-order valence-corrected chi connectivity index (χ3v) is 5.30. The van der Waals surface area contributed by atoms with Crippen molar-refractivity contribution < 1.29 is 4.74 Å². The molecule has 1 unspecified atom stereocenters. The van der Waals surface area contributed by atoms with Gasteiger partial charge in [-0.25, -0.2) is 0 Å². The molecule has 2 nitrogen and oxygen atoms in total. The third-order valence-electron chi connectivity index (χ3n) is 5.30. The summed E-state index contributed by atoms with van der Waals surface area (Å²) in [7, 11) is 0. The van der Waals surface area contributed by atoms with Crippen molar-refractivity contribution >= 4 is 0 Å². The molecule has 2 heteroatoms. The standard InChI is InChI=1S/C19H29NO/c1-15-7-6-8-17(13-15)16(2)20-14-18-9-12-19(21-18)10-4-3-5-11-19/h6-8,13,16,18,20H,3-5,9-12,14H2,1-2H3/t16-,18?/m0/s1. The highest BCUT2D eigenvalue weighted by Crippen LogP contribution is 2.41. The topological polar surface area (TPSA) is 21.3 Å². The number of ether oxygens (including phenoxy) is 1. The molecule has 1 saturated carbocycles. The van der Waals surface area contributed by atoms with E-state index >= 15 is 0 Å². The zero-order chi connectivity index (χ0) is 14.7. The van der Waals surface area contributed by atoms with E-state index in [0.717, 1.165) is 6.54 Å². The maximum atomic E-state index is 6.44. The van der Waals surface area contributed by atoms with Crippen LogP contribution in [0.15, 0.2) is 24.3 Å². The molecule has 3 rings (SSSR count). The molecule has 1 saturated heterocycles. The van der Waals surface area contributed by atoms with Crippen molar-refractivity contribution in [1.29, 1.82) is 0 Å². The minimum atomic E-state index is 0.247. The van der Waals surface area contributed by atoms with Gasteiger partial charge in [-0.2, -0.15) is 0 Å². The normalized spacial score (nSPS) is 26.1. The van der Waals surface area contributed by atoms with Gasteiger partial charge in [0.25, 0.3) is 0 Å². The first-order valence-electron chi connectivity index (χ1n) is 8.65. The zero-order valence-corrected chi connectivity index (χ0v) is 13.5. The minimum absolute atomic E-state index is 0.247. The summed E-state index contributed by atoms with van der Waals surface area (Å²) < 4.78 is 6.44. The van der Waals surface area contributed by atoms with Gasteiger partial charge in [-0.05, 0) is 45.1 Å². The second-order valence-electron chi connectivity index (χ2n) is 7.07. The maximum Gasteiger partial charge on any atom is 0.0708 e. The molecule has 1 N–H and O–H groups in total. The summed E-state index contributed by atoms with van der Waals surface area (Å²) in [6.07, 6.45) is 9.62. The Hall–Kier alpha value is -0.860. The summed E-state index contributed by atoms with van der Waals surface area (Å²) in [5.74, 6) is 0. The van der Waals surface area contributed by atoms with Crippen LogP contribution in [0.3, 0.4) is 0 Å². The first-order valence-corrected chi connectivity index (χ1v) is 8.65. The van der Waals surface area contributed by atoms with Crippen LogP contribution in [0, 0.1) is 6.92 Å². The Kier molecular flexibility index (Phi) is 4.66. The summed E-state index contributed by atoms with van der Waals surface area (Å²) in [6.45, 7) is 5.39. The van der Waals surface area contributed by atoms with Crippen molar-refractivity contribution in [1.82, 2.24) is 5.32 Å². The molecular weight excluding hydrogens is 258 g/mol. The van der Waals surface area contributed by atoms with Crippen LogP contribution in [0.25, 0.3) is 0 Å². The first kappa shape index (κ1) is 15.1. The highest BCUT2D eigenvalue weighted by atomic mass is 16.5. The van der Waals surface area contributed by atoms with Gasteiger partial charge in [0.15, 0.2) is 0 Å². The van der Waals surface area contributed by atoms with Gasteiger partial charge in [0.2, 0.25) is 0 Å². The van der Waals surface area contributed by atoms with Gasteiger partial charge in [0.05, 0.1) is 11.7 Å². The Labute approximate surface area is 129 Å². The lowest BCUT2D eigenvalue weighted by molar-refractivity contribution is -0.0628. The minimum Gasteiger partial charge on any atom is -0.370 e. The van der Waals surface area contributed by atoms with Gasteiger partial charge in [-0.15, -0.1) is 0 Å². The van der Waals surface area contributed by atoms with Crippen molar-refractivity contribution in [2.24, 2.45) is 0 Å². The SMILES string of the molecule is Cc1cccc([C@H](C)NCC2CCC3(CCCCC3)O2)c1. The lowest BCUT2D eigenvalue weighted by atomic mass is 9.83. The molecule has 0 amide bonds. The van der Waals surface area contributed by atoms with Crippen LogP contribution >= 0.6 is 0 Å². The molecule has 21 heavy (non-hydrogen) atoms. The number of nitrogens with one attached hydrogen (secondary N) is 1. The second kappa shape index (κ2) is 6.50. The van der Waals surface area contributed by atoms with E-state index in [0.29, 0.717) is 12.1 Å². The van der Waals surface area contributed by atoms with E-state index in [-0.39, 0.29) is 5.60 Å². The molecule has 2 fully saturated rings. The van der Waals surface area contributed by atoms with Crippen molar-refractivity contribution in [3.05, 3.63) is 35.4 Å². The lowest BCUT2D eigenvalue weighted by Crippen LogP contribution is -2.35. The van der Waals surface area contributed by atoms with Gasteiger partial charge in [0.1, 0.15) is 0 Å². The Morgan fingerprint density at radius 1 is 1.24 bits per heavy atom. The highest BCUT2D eigenvalue weighted by Gasteiger charge is 2.40. The fourth-order valence-electron chi connectivity index (χ4n) is 3.97. The maximum absolute atomic E-state index is 6.44. The van der Waals surface area contributed by atoms with Gasteiger partial charge in [-0.1, -0.05) is 49.1 Å². The predicted octanol–water partition coefficient (Wildman–Crippen LogP) is 4.53. The number of benzene rings is 1. The quantitative estimate of drug-likeness (QED) is 0.878. The largest absolute Gasteiger partial charge is 0.370 e. The molecule has 0 bridgehead atoms. The van der Waals surface area contributed by atoms with Crippen LogP contribution in [-0.4, -0.2) is 18.2 Å². The van der Waals surface area contributed by atoms with Gasteiger partial charge in [-0.3, -0.25) is 0 Å². The molecule has 2 atom stereocenters. The van der Waals surface area contributed by atoms with Crippen LogP contribution in [0.5, 0.6) is 0 Å². The second-order valence-corrected chi connectivity index (χ2v) is 7.07. The molecule has 0 aromatic heterocycles. The summed E-state index contributed by atoms with van der Waals surface area (Å²) in [5.41, 5.74) is 2.96. The van der Waals surface area contributed by atoms with Gasteiger partial charge < -0.3 is 10.1 Å². The smallest absolute Gasteiger partial charge is 0.0708 e. The average molecular weight is 287 g/mol. The Morgan fingerprint density at radius 3 is 2.81 bits per heavy atom. The number of aryl methyl sites for hydroxylation is 1. The van der Waals surface area contributed by atoms with E-state index in [4.69, 9.17) is 4.74 Å². The molecule has 2 aliphatic rings. The monoisotopic (exact) mass is 287 g/mol. The predicted molar refractivity (Wildman–Crippen MR) is 87.5 cm³/mol. The van der Waals surface area contributed by atoms with Crippen LogP contribution in [0.1, 0.15) is 69.0 Å². The molecule has 0 radical (unpaired) electrons. The van der Waals surface area contributed by atoms with E-state index in [9.17, 15) is 0 Å². The van der Waals surface area contributed by atoms with Gasteiger partial charge >= 0.3 is 0 Å². The molecule has 116 valence electrons. The van der Waals surface area contributed by atoms with E-state index < -0.39 is 0 Å². The molecular formula is C19H29NO. The fourth-order valence-corrected chi connectivity index (χ4v) is 3.97. The van der Waals surface area contributed by atoms with E-state index in [1.807, 2.05) is 0 Å². The van der Waals surface area contributed by atoms with Gasteiger partial charge in [0, 0.05) is 12.6 Å². The summed E-state index contributed by atoms with van der Waals surface area (Å²) >= 11 is 0. The first-order chi connectivity index (χ1) is 10.2. The number of rotatable bonds is 4. The molecule has 1 aromatic carbocycles. The molecule has 1 aliphatic carbocycles. The van der Waals surface area contributed by atoms with Crippen LogP contribution < -0.4 is 5.32 Å².